The number of thioether (sulfide) groups is 1. The summed E-state index contributed by atoms with van der Waals surface area (Å²) in [5.41, 5.74) is 7.21. The smallest absolute Gasteiger partial charge is 0.232 e. The molecule has 6 heteroatoms. The fourth-order valence-electron chi connectivity index (χ4n) is 3.50. The topological polar surface area (TPSA) is 63.4 Å². The number of benzene rings is 2. The number of Topliss-reactive ketones (excluding diaryl/α,β-unsaturated/α-hetero) is 1. The molecule has 1 aliphatic rings. The van der Waals surface area contributed by atoms with E-state index in [0.29, 0.717) is 24.5 Å². The highest BCUT2D eigenvalue weighted by Crippen LogP contribution is 2.32. The molecule has 1 fully saturated rings. The van der Waals surface area contributed by atoms with Crippen LogP contribution in [0, 0.1) is 11.7 Å². The SMILES string of the molecule is CC(=O)c1ccc(SCC(=O)N2C[C@@H](CN)[C@H](c3ccccc3)C2)cc1F. The highest BCUT2D eigenvalue weighted by atomic mass is 32.2. The summed E-state index contributed by atoms with van der Waals surface area (Å²) >= 11 is 1.28. The van der Waals surface area contributed by atoms with Gasteiger partial charge in [-0.15, -0.1) is 11.8 Å². The van der Waals surface area contributed by atoms with E-state index in [4.69, 9.17) is 5.73 Å². The summed E-state index contributed by atoms with van der Waals surface area (Å²) in [6, 6.07) is 14.6. The van der Waals surface area contributed by atoms with Gasteiger partial charge in [0.05, 0.1) is 11.3 Å². The summed E-state index contributed by atoms with van der Waals surface area (Å²) in [4.78, 5) is 26.4. The molecule has 1 aliphatic heterocycles. The van der Waals surface area contributed by atoms with E-state index in [1.165, 1.54) is 36.4 Å². The summed E-state index contributed by atoms with van der Waals surface area (Å²) < 4.78 is 13.9. The molecule has 0 spiro atoms. The van der Waals surface area contributed by atoms with Gasteiger partial charge in [0.2, 0.25) is 5.91 Å². The molecule has 0 aliphatic carbocycles. The van der Waals surface area contributed by atoms with Crippen molar-refractivity contribution in [2.75, 3.05) is 25.4 Å². The zero-order valence-corrected chi connectivity index (χ0v) is 16.0. The Morgan fingerprint density at radius 2 is 1.93 bits per heavy atom. The first-order valence-corrected chi connectivity index (χ1v) is 9.94. The first-order valence-electron chi connectivity index (χ1n) is 8.95. The lowest BCUT2D eigenvalue weighted by Crippen LogP contribution is -2.31. The van der Waals surface area contributed by atoms with Gasteiger partial charge in [-0.05, 0) is 43.1 Å². The molecule has 0 radical (unpaired) electrons. The molecule has 0 aromatic heterocycles. The van der Waals surface area contributed by atoms with Crippen molar-refractivity contribution in [2.24, 2.45) is 11.7 Å². The van der Waals surface area contributed by atoms with E-state index in [0.717, 1.165) is 0 Å². The number of halogens is 1. The maximum atomic E-state index is 13.9. The minimum Gasteiger partial charge on any atom is -0.341 e. The lowest BCUT2D eigenvalue weighted by atomic mass is 9.89. The van der Waals surface area contributed by atoms with Crippen LogP contribution in [0.4, 0.5) is 4.39 Å². The highest BCUT2D eigenvalue weighted by Gasteiger charge is 2.35. The third kappa shape index (κ3) is 4.57. The molecule has 4 nitrogen and oxygen atoms in total. The van der Waals surface area contributed by atoms with Gasteiger partial charge in [-0.2, -0.15) is 0 Å². The van der Waals surface area contributed by atoms with Gasteiger partial charge >= 0.3 is 0 Å². The Labute approximate surface area is 162 Å². The molecule has 142 valence electrons. The van der Waals surface area contributed by atoms with E-state index in [9.17, 15) is 14.0 Å². The maximum absolute atomic E-state index is 13.9. The molecular formula is C21H23FN2O2S. The van der Waals surface area contributed by atoms with Crippen LogP contribution < -0.4 is 5.73 Å². The molecule has 1 heterocycles. The molecule has 27 heavy (non-hydrogen) atoms. The highest BCUT2D eigenvalue weighted by molar-refractivity contribution is 8.00. The number of ketones is 1. The van der Waals surface area contributed by atoms with Gasteiger partial charge in [0.25, 0.3) is 0 Å². The van der Waals surface area contributed by atoms with E-state index >= 15 is 0 Å². The third-order valence-corrected chi connectivity index (χ3v) is 5.98. The molecule has 0 bridgehead atoms. The molecule has 2 atom stereocenters. The predicted octanol–water partition coefficient (Wildman–Crippen LogP) is 3.32. The van der Waals surface area contributed by atoms with E-state index in [1.54, 1.807) is 6.07 Å². The average Bonchev–Trinajstić information content (AvgIpc) is 3.11. The van der Waals surface area contributed by atoms with Crippen molar-refractivity contribution in [1.82, 2.24) is 4.90 Å². The van der Waals surface area contributed by atoms with Gasteiger partial charge in [-0.1, -0.05) is 30.3 Å². The monoisotopic (exact) mass is 386 g/mol. The van der Waals surface area contributed by atoms with Crippen molar-refractivity contribution in [3.63, 3.8) is 0 Å². The number of hydrogen-bond donors (Lipinski definition) is 1. The van der Waals surface area contributed by atoms with Crippen molar-refractivity contribution in [3.05, 3.63) is 65.5 Å². The maximum Gasteiger partial charge on any atom is 0.232 e. The Kier molecular flexibility index (Phi) is 6.29. The summed E-state index contributed by atoms with van der Waals surface area (Å²) in [6.07, 6.45) is 0. The quantitative estimate of drug-likeness (QED) is 0.611. The Morgan fingerprint density at radius 3 is 2.56 bits per heavy atom. The van der Waals surface area contributed by atoms with Crippen LogP contribution in [0.1, 0.15) is 28.8 Å². The van der Waals surface area contributed by atoms with Crippen LogP contribution in [0.3, 0.4) is 0 Å². The molecule has 1 amide bonds. The van der Waals surface area contributed by atoms with Gasteiger partial charge in [0, 0.05) is 23.9 Å². The first-order chi connectivity index (χ1) is 13.0. The van der Waals surface area contributed by atoms with Crippen LogP contribution in [-0.4, -0.2) is 42.0 Å². The van der Waals surface area contributed by atoms with Crippen LogP contribution in [0.25, 0.3) is 0 Å². The second-order valence-electron chi connectivity index (χ2n) is 6.80. The van der Waals surface area contributed by atoms with Crippen LogP contribution in [0.2, 0.25) is 0 Å². The lowest BCUT2D eigenvalue weighted by Gasteiger charge is -2.17. The first kappa shape index (κ1) is 19.6. The van der Waals surface area contributed by atoms with Gasteiger partial charge in [0.1, 0.15) is 5.82 Å². The van der Waals surface area contributed by atoms with E-state index in [2.05, 4.69) is 12.1 Å². The zero-order chi connectivity index (χ0) is 19.4. The lowest BCUT2D eigenvalue weighted by molar-refractivity contribution is -0.127. The predicted molar refractivity (Wildman–Crippen MR) is 105 cm³/mol. The zero-order valence-electron chi connectivity index (χ0n) is 15.2. The Hall–Kier alpha value is -2.18. The van der Waals surface area contributed by atoms with Crippen LogP contribution >= 0.6 is 11.8 Å². The number of nitrogens with zero attached hydrogens (tertiary/aromatic N) is 1. The standard InChI is InChI=1S/C21H23FN2O2S/c1-14(25)18-8-7-17(9-20(18)22)27-13-21(26)24-11-16(10-23)19(12-24)15-5-3-2-4-6-15/h2-9,16,19H,10-13,23H2,1H3/t16-,19+/m1/s1. The summed E-state index contributed by atoms with van der Waals surface area (Å²) in [7, 11) is 0. The molecule has 2 aromatic rings. The van der Waals surface area contributed by atoms with Crippen molar-refractivity contribution in [2.45, 2.75) is 17.7 Å². The second kappa shape index (κ2) is 8.67. The van der Waals surface area contributed by atoms with Gasteiger partial charge in [-0.25, -0.2) is 4.39 Å². The van der Waals surface area contributed by atoms with Crippen molar-refractivity contribution in [3.8, 4) is 0 Å². The number of amides is 1. The Bertz CT molecular complexity index is 828. The van der Waals surface area contributed by atoms with Crippen molar-refractivity contribution >= 4 is 23.5 Å². The number of carbonyl (C=O) groups excluding carboxylic acids is 2. The largest absolute Gasteiger partial charge is 0.341 e. The van der Waals surface area contributed by atoms with Crippen LogP contribution in [0.15, 0.2) is 53.4 Å². The van der Waals surface area contributed by atoms with Gasteiger partial charge < -0.3 is 10.6 Å². The number of likely N-dealkylation sites (tertiary alicyclic amines) is 1. The Morgan fingerprint density at radius 1 is 1.19 bits per heavy atom. The number of hydrogen-bond acceptors (Lipinski definition) is 4. The summed E-state index contributed by atoms with van der Waals surface area (Å²) in [5.74, 6) is -0.109. The number of rotatable bonds is 6. The normalized spacial score (nSPS) is 19.3. The molecule has 1 saturated heterocycles. The minimum atomic E-state index is -0.548. The number of carbonyl (C=O) groups is 2. The van der Waals surface area contributed by atoms with E-state index in [1.807, 2.05) is 23.1 Å². The average molecular weight is 386 g/mol. The molecule has 0 unspecified atom stereocenters. The second-order valence-corrected chi connectivity index (χ2v) is 7.85. The van der Waals surface area contributed by atoms with E-state index < -0.39 is 5.82 Å². The van der Waals surface area contributed by atoms with E-state index in [-0.39, 0.29) is 34.8 Å². The third-order valence-electron chi connectivity index (χ3n) is 5.01. The molecular weight excluding hydrogens is 363 g/mol. The summed E-state index contributed by atoms with van der Waals surface area (Å²) in [6.45, 7) is 3.17. The minimum absolute atomic E-state index is 0.0212. The molecule has 3 rings (SSSR count). The van der Waals surface area contributed by atoms with Crippen molar-refractivity contribution < 1.29 is 14.0 Å². The van der Waals surface area contributed by atoms with Gasteiger partial charge in [-0.3, -0.25) is 9.59 Å². The molecule has 2 aromatic carbocycles. The Balaban J connectivity index is 1.62. The number of nitrogens with two attached hydrogens (primary N) is 1. The van der Waals surface area contributed by atoms with Crippen LogP contribution in [-0.2, 0) is 4.79 Å². The fourth-order valence-corrected chi connectivity index (χ4v) is 4.32. The van der Waals surface area contributed by atoms with Crippen LogP contribution in [0.5, 0.6) is 0 Å². The van der Waals surface area contributed by atoms with Gasteiger partial charge in [0.15, 0.2) is 5.78 Å². The fraction of sp³-hybridized carbons (Fsp3) is 0.333. The van der Waals surface area contributed by atoms with Crippen molar-refractivity contribution in [1.29, 1.82) is 0 Å². The molecule has 2 N–H and O–H groups in total. The summed E-state index contributed by atoms with van der Waals surface area (Å²) in [5, 5.41) is 0. The molecule has 0 saturated carbocycles.